The molecule has 0 fully saturated rings. The van der Waals surface area contributed by atoms with Gasteiger partial charge in [0.1, 0.15) is 12.4 Å². The summed E-state index contributed by atoms with van der Waals surface area (Å²) in [4.78, 5) is 26.3. The minimum atomic E-state index is -0.549. The van der Waals surface area contributed by atoms with Gasteiger partial charge in [-0.3, -0.25) is 9.59 Å². The summed E-state index contributed by atoms with van der Waals surface area (Å²) >= 11 is 0. The summed E-state index contributed by atoms with van der Waals surface area (Å²) in [7, 11) is 3.42. The molecule has 0 aliphatic carbocycles. The molecule has 2 aromatic carbocycles. The average molecular weight is 378 g/mol. The first kappa shape index (κ1) is 19.2. The highest BCUT2D eigenvalue weighted by Crippen LogP contribution is 2.14. The Morgan fingerprint density at radius 3 is 2.36 bits per heavy atom. The van der Waals surface area contributed by atoms with Gasteiger partial charge < -0.3 is 10.2 Å². The van der Waals surface area contributed by atoms with E-state index in [-0.39, 0.29) is 11.8 Å². The molecule has 0 aliphatic heterocycles. The van der Waals surface area contributed by atoms with Gasteiger partial charge in [-0.2, -0.15) is 0 Å². The number of nitrogens with zero attached hydrogens (tertiary/aromatic N) is 5. The zero-order chi connectivity index (χ0) is 19.9. The summed E-state index contributed by atoms with van der Waals surface area (Å²) in [6.07, 6.45) is 1.92. The second-order valence-corrected chi connectivity index (χ2v) is 6.61. The zero-order valence-electron chi connectivity index (χ0n) is 15.8. The molecule has 0 saturated heterocycles. The number of carbonyl (C=O) groups is 2. The molecule has 8 heteroatoms. The number of hydrogen-bond acceptors (Lipinski definition) is 5. The van der Waals surface area contributed by atoms with Crippen molar-refractivity contribution in [1.29, 1.82) is 0 Å². The standard InChI is InChI=1S/C20H22N6O2/c1-25(2)20(28)17-10-8-16(9-11-17)13-21-19(27)18(26-14-22-23-24-26)12-15-6-4-3-5-7-15/h3-11,14,18H,12-13H2,1-2H3,(H,21,27). The van der Waals surface area contributed by atoms with Gasteiger partial charge in [0.2, 0.25) is 5.91 Å². The van der Waals surface area contributed by atoms with Crippen LogP contribution in [0.3, 0.4) is 0 Å². The van der Waals surface area contributed by atoms with Crippen molar-refractivity contribution in [3.63, 3.8) is 0 Å². The predicted molar refractivity (Wildman–Crippen MR) is 103 cm³/mol. The molecule has 1 N–H and O–H groups in total. The van der Waals surface area contributed by atoms with Crippen molar-refractivity contribution in [2.75, 3.05) is 14.1 Å². The van der Waals surface area contributed by atoms with Crippen LogP contribution in [0, 0.1) is 0 Å². The highest BCUT2D eigenvalue weighted by molar-refractivity contribution is 5.93. The van der Waals surface area contributed by atoms with Crippen molar-refractivity contribution in [1.82, 2.24) is 30.4 Å². The number of rotatable bonds is 7. The largest absolute Gasteiger partial charge is 0.350 e. The van der Waals surface area contributed by atoms with Crippen molar-refractivity contribution >= 4 is 11.8 Å². The summed E-state index contributed by atoms with van der Waals surface area (Å²) in [5.74, 6) is -0.234. The summed E-state index contributed by atoms with van der Waals surface area (Å²) < 4.78 is 1.46. The number of carbonyl (C=O) groups excluding carboxylic acids is 2. The lowest BCUT2D eigenvalue weighted by molar-refractivity contribution is -0.124. The van der Waals surface area contributed by atoms with Crippen LogP contribution >= 0.6 is 0 Å². The van der Waals surface area contributed by atoms with Crippen LogP contribution in [-0.4, -0.2) is 51.0 Å². The van der Waals surface area contributed by atoms with Crippen molar-refractivity contribution in [2.45, 2.75) is 19.0 Å². The van der Waals surface area contributed by atoms with Gasteiger partial charge in [-0.1, -0.05) is 42.5 Å². The van der Waals surface area contributed by atoms with Gasteiger partial charge in [0.05, 0.1) is 0 Å². The Kier molecular flexibility index (Phi) is 6.11. The molecule has 0 radical (unpaired) electrons. The number of nitrogens with one attached hydrogen (secondary N) is 1. The molecule has 8 nitrogen and oxygen atoms in total. The van der Waals surface area contributed by atoms with Gasteiger partial charge in [0.25, 0.3) is 5.91 Å². The van der Waals surface area contributed by atoms with E-state index >= 15 is 0 Å². The molecule has 0 bridgehead atoms. The fourth-order valence-electron chi connectivity index (χ4n) is 2.79. The number of amides is 2. The Hall–Kier alpha value is -3.55. The number of aromatic nitrogens is 4. The normalized spacial score (nSPS) is 11.6. The molecule has 144 valence electrons. The van der Waals surface area contributed by atoms with Crippen LogP contribution in [0.4, 0.5) is 0 Å². The van der Waals surface area contributed by atoms with Crippen LogP contribution in [0.25, 0.3) is 0 Å². The minimum absolute atomic E-state index is 0.0582. The highest BCUT2D eigenvalue weighted by Gasteiger charge is 2.22. The Balaban J connectivity index is 1.66. The van der Waals surface area contributed by atoms with Gasteiger partial charge in [0, 0.05) is 32.6 Å². The first-order valence-electron chi connectivity index (χ1n) is 8.89. The van der Waals surface area contributed by atoms with E-state index in [1.807, 2.05) is 42.5 Å². The van der Waals surface area contributed by atoms with Crippen LogP contribution < -0.4 is 5.32 Å². The van der Waals surface area contributed by atoms with Crippen molar-refractivity contribution in [3.05, 3.63) is 77.6 Å². The van der Waals surface area contributed by atoms with Crippen LogP contribution in [0.15, 0.2) is 60.9 Å². The third kappa shape index (κ3) is 4.79. The Bertz CT molecular complexity index is 908. The van der Waals surface area contributed by atoms with Crippen molar-refractivity contribution < 1.29 is 9.59 Å². The van der Waals surface area contributed by atoms with Crippen LogP contribution in [0.2, 0.25) is 0 Å². The summed E-state index contributed by atoms with van der Waals surface area (Å²) in [6.45, 7) is 0.350. The molecule has 3 rings (SSSR count). The fourth-order valence-corrected chi connectivity index (χ4v) is 2.79. The smallest absolute Gasteiger partial charge is 0.253 e. The average Bonchev–Trinajstić information content (AvgIpc) is 3.25. The highest BCUT2D eigenvalue weighted by atomic mass is 16.2. The first-order chi connectivity index (χ1) is 13.5. The number of tetrazole rings is 1. The summed E-state index contributed by atoms with van der Waals surface area (Å²) in [5, 5.41) is 14.1. The fraction of sp³-hybridized carbons (Fsp3) is 0.250. The monoisotopic (exact) mass is 378 g/mol. The second kappa shape index (κ2) is 8.90. The van der Waals surface area contributed by atoms with Crippen molar-refractivity contribution in [2.24, 2.45) is 0 Å². The van der Waals surface area contributed by atoms with Gasteiger partial charge in [-0.25, -0.2) is 4.68 Å². The maximum absolute atomic E-state index is 12.8. The lowest BCUT2D eigenvalue weighted by atomic mass is 10.1. The maximum atomic E-state index is 12.8. The molecule has 0 aliphatic rings. The lowest BCUT2D eigenvalue weighted by Crippen LogP contribution is -2.34. The van der Waals surface area contributed by atoms with E-state index in [1.54, 1.807) is 26.2 Å². The quantitative estimate of drug-likeness (QED) is 0.672. The van der Waals surface area contributed by atoms with Gasteiger partial charge in [-0.15, -0.1) is 5.10 Å². The SMILES string of the molecule is CN(C)C(=O)c1ccc(CNC(=O)C(Cc2ccccc2)n2cnnn2)cc1. The molecule has 1 aromatic heterocycles. The van der Waals surface area contributed by atoms with E-state index in [0.717, 1.165) is 11.1 Å². The minimum Gasteiger partial charge on any atom is -0.350 e. The molecule has 1 heterocycles. The topological polar surface area (TPSA) is 93.0 Å². The van der Waals surface area contributed by atoms with E-state index in [9.17, 15) is 9.59 Å². The van der Waals surface area contributed by atoms with E-state index < -0.39 is 6.04 Å². The first-order valence-corrected chi connectivity index (χ1v) is 8.89. The van der Waals surface area contributed by atoms with Crippen LogP contribution in [-0.2, 0) is 17.8 Å². The third-order valence-electron chi connectivity index (χ3n) is 4.33. The molecular formula is C20H22N6O2. The van der Waals surface area contributed by atoms with Crippen molar-refractivity contribution in [3.8, 4) is 0 Å². The molecular weight excluding hydrogens is 356 g/mol. The summed E-state index contributed by atoms with van der Waals surface area (Å²) in [6, 6.07) is 16.4. The molecule has 1 atom stereocenters. The van der Waals surface area contributed by atoms with E-state index in [0.29, 0.717) is 18.5 Å². The van der Waals surface area contributed by atoms with E-state index in [2.05, 4.69) is 20.8 Å². The number of hydrogen-bond donors (Lipinski definition) is 1. The Labute approximate surface area is 163 Å². The van der Waals surface area contributed by atoms with Gasteiger partial charge >= 0.3 is 0 Å². The van der Waals surface area contributed by atoms with Crippen LogP contribution in [0.5, 0.6) is 0 Å². The zero-order valence-corrected chi connectivity index (χ0v) is 15.8. The Morgan fingerprint density at radius 1 is 1.04 bits per heavy atom. The molecule has 0 saturated carbocycles. The van der Waals surface area contributed by atoms with Gasteiger partial charge in [0.15, 0.2) is 0 Å². The van der Waals surface area contributed by atoms with E-state index in [1.165, 1.54) is 15.9 Å². The molecule has 2 amide bonds. The second-order valence-electron chi connectivity index (χ2n) is 6.61. The summed E-state index contributed by atoms with van der Waals surface area (Å²) in [5.41, 5.74) is 2.53. The van der Waals surface area contributed by atoms with Crippen LogP contribution in [0.1, 0.15) is 27.5 Å². The van der Waals surface area contributed by atoms with Gasteiger partial charge in [-0.05, 0) is 33.7 Å². The predicted octanol–water partition coefficient (Wildman–Crippen LogP) is 1.48. The molecule has 3 aromatic rings. The lowest BCUT2D eigenvalue weighted by Gasteiger charge is -2.16. The molecule has 28 heavy (non-hydrogen) atoms. The third-order valence-corrected chi connectivity index (χ3v) is 4.33. The number of benzene rings is 2. The molecule has 0 spiro atoms. The van der Waals surface area contributed by atoms with E-state index in [4.69, 9.17) is 0 Å². The Morgan fingerprint density at radius 2 is 1.75 bits per heavy atom. The maximum Gasteiger partial charge on any atom is 0.253 e. The molecule has 1 unspecified atom stereocenters.